The van der Waals surface area contributed by atoms with Crippen molar-refractivity contribution in [2.24, 2.45) is 0 Å². The van der Waals surface area contributed by atoms with Crippen LogP contribution < -0.4 is 4.31 Å². The maximum absolute atomic E-state index is 13.0. The van der Waals surface area contributed by atoms with Gasteiger partial charge < -0.3 is 9.32 Å². The molecule has 0 spiro atoms. The summed E-state index contributed by atoms with van der Waals surface area (Å²) >= 11 is 0. The summed E-state index contributed by atoms with van der Waals surface area (Å²) in [6.45, 7) is 1.02. The predicted molar refractivity (Wildman–Crippen MR) is 101 cm³/mol. The van der Waals surface area contributed by atoms with E-state index >= 15 is 0 Å². The van der Waals surface area contributed by atoms with Crippen LogP contribution in [0.15, 0.2) is 41.0 Å². The number of benzene rings is 1. The Labute approximate surface area is 158 Å². The highest BCUT2D eigenvalue weighted by Gasteiger charge is 2.25. The summed E-state index contributed by atoms with van der Waals surface area (Å²) in [7, 11) is -3.35. The molecule has 0 saturated heterocycles. The standard InChI is InChI=1S/C19H21N3O4S/c1-27(24,25)22-11-2-5-15-13-16(7-8-18(15)22)19(23)21(10-4-9-20)14-17-6-3-12-26-17/h3,6-8,12-13H,2,4-5,10-11,14H2,1H3. The number of carbonyl (C=O) groups is 1. The molecule has 27 heavy (non-hydrogen) atoms. The minimum absolute atomic E-state index is 0.207. The Kier molecular flexibility index (Phi) is 5.51. The smallest absolute Gasteiger partial charge is 0.254 e. The first-order valence-corrected chi connectivity index (χ1v) is 10.5. The van der Waals surface area contributed by atoms with Gasteiger partial charge in [-0.1, -0.05) is 0 Å². The van der Waals surface area contributed by atoms with E-state index in [2.05, 4.69) is 6.07 Å². The zero-order valence-electron chi connectivity index (χ0n) is 15.1. The Hall–Kier alpha value is -2.79. The van der Waals surface area contributed by atoms with E-state index < -0.39 is 10.0 Å². The van der Waals surface area contributed by atoms with Gasteiger partial charge in [0.05, 0.1) is 37.2 Å². The number of hydrogen-bond acceptors (Lipinski definition) is 5. The highest BCUT2D eigenvalue weighted by Crippen LogP contribution is 2.30. The first-order valence-electron chi connectivity index (χ1n) is 8.69. The summed E-state index contributed by atoms with van der Waals surface area (Å²) in [5, 5.41) is 8.88. The van der Waals surface area contributed by atoms with Gasteiger partial charge in [0.2, 0.25) is 10.0 Å². The van der Waals surface area contributed by atoms with Gasteiger partial charge in [0.15, 0.2) is 0 Å². The quantitative estimate of drug-likeness (QED) is 0.759. The average Bonchev–Trinajstić information content (AvgIpc) is 3.16. The number of rotatable bonds is 6. The van der Waals surface area contributed by atoms with Gasteiger partial charge in [-0.05, 0) is 48.7 Å². The lowest BCUT2D eigenvalue weighted by Gasteiger charge is -2.30. The van der Waals surface area contributed by atoms with Crippen molar-refractivity contribution in [3.63, 3.8) is 0 Å². The Morgan fingerprint density at radius 2 is 2.19 bits per heavy atom. The van der Waals surface area contributed by atoms with Crippen LogP contribution in [0.3, 0.4) is 0 Å². The van der Waals surface area contributed by atoms with Gasteiger partial charge in [-0.15, -0.1) is 0 Å². The number of hydrogen-bond donors (Lipinski definition) is 0. The van der Waals surface area contributed by atoms with Gasteiger partial charge >= 0.3 is 0 Å². The fraction of sp³-hybridized carbons (Fsp3) is 0.368. The Morgan fingerprint density at radius 1 is 1.37 bits per heavy atom. The van der Waals surface area contributed by atoms with Crippen molar-refractivity contribution >= 4 is 21.6 Å². The van der Waals surface area contributed by atoms with Crippen molar-refractivity contribution in [2.45, 2.75) is 25.8 Å². The molecule has 0 fully saturated rings. The second kappa shape index (κ2) is 7.84. The molecule has 1 aliphatic rings. The Morgan fingerprint density at radius 3 is 2.85 bits per heavy atom. The molecule has 1 aliphatic heterocycles. The number of nitrogens with zero attached hydrogens (tertiary/aromatic N) is 3. The SMILES string of the molecule is CS(=O)(=O)N1CCCc2cc(C(=O)N(CCC#N)Cc3ccco3)ccc21. The van der Waals surface area contributed by atoms with Crippen molar-refractivity contribution in [3.05, 3.63) is 53.5 Å². The third kappa shape index (κ3) is 4.31. The topological polar surface area (TPSA) is 94.6 Å². The molecule has 8 heteroatoms. The third-order valence-corrected chi connectivity index (χ3v) is 5.69. The molecule has 1 aromatic carbocycles. The highest BCUT2D eigenvalue weighted by molar-refractivity contribution is 7.92. The van der Waals surface area contributed by atoms with Crippen molar-refractivity contribution in [3.8, 4) is 6.07 Å². The lowest BCUT2D eigenvalue weighted by atomic mass is 10.00. The summed E-state index contributed by atoms with van der Waals surface area (Å²) < 4.78 is 30.7. The van der Waals surface area contributed by atoms with Crippen LogP contribution in [0.1, 0.15) is 34.5 Å². The summed E-state index contributed by atoms with van der Waals surface area (Å²) in [4.78, 5) is 14.6. The molecule has 1 aromatic heterocycles. The van der Waals surface area contributed by atoms with E-state index in [1.165, 1.54) is 10.6 Å². The number of sulfonamides is 1. The van der Waals surface area contributed by atoms with Crippen molar-refractivity contribution in [2.75, 3.05) is 23.7 Å². The minimum atomic E-state index is -3.35. The maximum Gasteiger partial charge on any atom is 0.254 e. The summed E-state index contributed by atoms with van der Waals surface area (Å²) in [6, 6.07) is 10.7. The zero-order chi connectivity index (χ0) is 19.4. The number of fused-ring (bicyclic) bond motifs is 1. The summed E-state index contributed by atoms with van der Waals surface area (Å²) in [5.41, 5.74) is 1.96. The molecule has 0 saturated carbocycles. The molecule has 7 nitrogen and oxygen atoms in total. The van der Waals surface area contributed by atoms with Gasteiger partial charge in [-0.3, -0.25) is 9.10 Å². The Bertz CT molecular complexity index is 961. The fourth-order valence-electron chi connectivity index (χ4n) is 3.25. The molecular formula is C19H21N3O4S. The van der Waals surface area contributed by atoms with Crippen LogP contribution in [0.25, 0.3) is 0 Å². The normalized spacial score (nSPS) is 13.7. The number of furan rings is 1. The van der Waals surface area contributed by atoms with Crippen LogP contribution in [-0.2, 0) is 23.0 Å². The van der Waals surface area contributed by atoms with E-state index in [-0.39, 0.29) is 18.9 Å². The van der Waals surface area contributed by atoms with Crippen LogP contribution in [0, 0.1) is 11.3 Å². The molecule has 0 atom stereocenters. The van der Waals surface area contributed by atoms with Crippen LogP contribution in [-0.4, -0.2) is 38.6 Å². The number of carbonyl (C=O) groups excluding carboxylic acids is 1. The molecule has 0 radical (unpaired) electrons. The first kappa shape index (κ1) is 19.0. The number of nitriles is 1. The lowest BCUT2D eigenvalue weighted by molar-refractivity contribution is 0.0735. The molecular weight excluding hydrogens is 366 g/mol. The molecule has 1 amide bonds. The summed E-state index contributed by atoms with van der Waals surface area (Å²) in [5.74, 6) is 0.434. The minimum Gasteiger partial charge on any atom is -0.467 e. The van der Waals surface area contributed by atoms with Gasteiger partial charge in [-0.2, -0.15) is 5.26 Å². The fourth-order valence-corrected chi connectivity index (χ4v) is 4.25. The van der Waals surface area contributed by atoms with E-state index in [9.17, 15) is 13.2 Å². The van der Waals surface area contributed by atoms with Crippen LogP contribution >= 0.6 is 0 Å². The number of amides is 1. The number of aryl methyl sites for hydroxylation is 1. The van der Waals surface area contributed by atoms with E-state index in [1.807, 2.05) is 0 Å². The van der Waals surface area contributed by atoms with E-state index in [4.69, 9.17) is 9.68 Å². The van der Waals surface area contributed by atoms with Crippen LogP contribution in [0.5, 0.6) is 0 Å². The third-order valence-electron chi connectivity index (χ3n) is 4.51. The molecule has 2 aromatic rings. The largest absolute Gasteiger partial charge is 0.467 e. The molecule has 0 N–H and O–H groups in total. The predicted octanol–water partition coefficient (Wildman–Crippen LogP) is 2.55. The molecule has 142 valence electrons. The van der Waals surface area contributed by atoms with Crippen molar-refractivity contribution < 1.29 is 17.6 Å². The lowest BCUT2D eigenvalue weighted by Crippen LogP contribution is -2.35. The average molecular weight is 387 g/mol. The van der Waals surface area contributed by atoms with Gasteiger partial charge in [0, 0.05) is 18.7 Å². The monoisotopic (exact) mass is 387 g/mol. The van der Waals surface area contributed by atoms with E-state index in [1.54, 1.807) is 41.5 Å². The second-order valence-corrected chi connectivity index (χ2v) is 8.40. The molecule has 3 rings (SSSR count). The molecule has 0 unspecified atom stereocenters. The number of anilines is 1. The van der Waals surface area contributed by atoms with Crippen LogP contribution in [0.4, 0.5) is 5.69 Å². The van der Waals surface area contributed by atoms with Gasteiger partial charge in [-0.25, -0.2) is 8.42 Å². The van der Waals surface area contributed by atoms with Gasteiger partial charge in [0.1, 0.15) is 5.76 Å². The van der Waals surface area contributed by atoms with E-state index in [0.29, 0.717) is 36.5 Å². The molecule has 0 bridgehead atoms. The molecule has 0 aliphatic carbocycles. The summed E-state index contributed by atoms with van der Waals surface area (Å²) in [6.07, 6.45) is 4.38. The van der Waals surface area contributed by atoms with E-state index in [0.717, 1.165) is 12.0 Å². The second-order valence-electron chi connectivity index (χ2n) is 6.50. The van der Waals surface area contributed by atoms with Crippen molar-refractivity contribution in [1.82, 2.24) is 4.90 Å². The van der Waals surface area contributed by atoms with Crippen molar-refractivity contribution in [1.29, 1.82) is 5.26 Å². The zero-order valence-corrected chi connectivity index (χ0v) is 15.9. The maximum atomic E-state index is 13.0. The van der Waals surface area contributed by atoms with Crippen LogP contribution in [0.2, 0.25) is 0 Å². The highest BCUT2D eigenvalue weighted by atomic mass is 32.2. The Balaban J connectivity index is 1.87. The first-order chi connectivity index (χ1) is 12.9. The molecule has 2 heterocycles. The van der Waals surface area contributed by atoms with Gasteiger partial charge in [0.25, 0.3) is 5.91 Å².